The van der Waals surface area contributed by atoms with Crippen LogP contribution in [0.25, 0.3) is 0 Å². The largest absolute Gasteiger partial charge is 0.481 e. The van der Waals surface area contributed by atoms with Crippen molar-refractivity contribution in [2.24, 2.45) is 5.92 Å². The zero-order valence-electron chi connectivity index (χ0n) is 19.6. The summed E-state index contributed by atoms with van der Waals surface area (Å²) in [6.07, 6.45) is 1.26. The third-order valence-corrected chi connectivity index (χ3v) is 9.96. The monoisotopic (exact) mass is 529 g/mol. The molecule has 35 heavy (non-hydrogen) atoms. The summed E-state index contributed by atoms with van der Waals surface area (Å²) in [6, 6.07) is 21.5. The molecule has 0 aliphatic carbocycles. The fraction of sp³-hybridized carbons (Fsp3) is 0.296. The van der Waals surface area contributed by atoms with Gasteiger partial charge < -0.3 is 5.11 Å². The SMILES string of the molecule is CCc1ccc([C@@H]2C[C@@H](Sc3ccc(Cl)cc3)[C@H](C(=O)O)CN2S(=O)(=O)c2ccc(C)cc2)cc1. The highest BCUT2D eigenvalue weighted by Crippen LogP contribution is 2.44. The molecule has 0 spiro atoms. The lowest BCUT2D eigenvalue weighted by molar-refractivity contribution is -0.143. The van der Waals surface area contributed by atoms with Gasteiger partial charge in [-0.2, -0.15) is 4.31 Å². The Hall–Kier alpha value is -2.32. The third-order valence-electron chi connectivity index (χ3n) is 6.45. The van der Waals surface area contributed by atoms with Crippen LogP contribution in [0.15, 0.2) is 82.6 Å². The van der Waals surface area contributed by atoms with Gasteiger partial charge in [0.05, 0.1) is 16.9 Å². The van der Waals surface area contributed by atoms with Crippen LogP contribution in [0.4, 0.5) is 0 Å². The number of piperidine rings is 1. The molecule has 8 heteroatoms. The molecule has 184 valence electrons. The van der Waals surface area contributed by atoms with Gasteiger partial charge in [0.15, 0.2) is 0 Å². The molecule has 0 amide bonds. The van der Waals surface area contributed by atoms with Gasteiger partial charge in [-0.1, -0.05) is 60.5 Å². The van der Waals surface area contributed by atoms with Gasteiger partial charge in [0.1, 0.15) is 0 Å². The Labute approximate surface area is 216 Å². The van der Waals surface area contributed by atoms with E-state index >= 15 is 0 Å². The van der Waals surface area contributed by atoms with Crippen molar-refractivity contribution >= 4 is 39.4 Å². The maximum absolute atomic E-state index is 13.8. The van der Waals surface area contributed by atoms with E-state index in [1.807, 2.05) is 43.3 Å². The average Bonchev–Trinajstić information content (AvgIpc) is 2.85. The van der Waals surface area contributed by atoms with Crippen LogP contribution in [0.1, 0.15) is 36.1 Å². The second-order valence-electron chi connectivity index (χ2n) is 8.79. The first-order chi connectivity index (χ1) is 16.7. The predicted molar refractivity (Wildman–Crippen MR) is 140 cm³/mol. The third kappa shape index (κ3) is 5.75. The molecule has 3 atom stereocenters. The van der Waals surface area contributed by atoms with Crippen molar-refractivity contribution in [3.05, 3.63) is 94.5 Å². The number of aliphatic carboxylic acids is 1. The standard InChI is InChI=1S/C27H28ClNO4S2/c1-3-19-6-8-20(9-7-19)25-16-26(34-22-12-10-21(28)11-13-22)24(27(30)31)17-29(25)35(32,33)23-14-4-18(2)5-15-23/h4-15,24-26H,3,16-17H2,1-2H3,(H,30,31)/t24-,25+,26-/m1/s1. The Morgan fingerprint density at radius 2 is 1.66 bits per heavy atom. The highest BCUT2D eigenvalue weighted by Gasteiger charge is 2.45. The van der Waals surface area contributed by atoms with Crippen LogP contribution in [0.2, 0.25) is 5.02 Å². The summed E-state index contributed by atoms with van der Waals surface area (Å²) >= 11 is 7.49. The number of halogens is 1. The lowest BCUT2D eigenvalue weighted by Crippen LogP contribution is -2.49. The van der Waals surface area contributed by atoms with E-state index in [2.05, 4.69) is 6.92 Å². The molecule has 1 saturated heterocycles. The van der Waals surface area contributed by atoms with Crippen molar-refractivity contribution in [3.8, 4) is 0 Å². The first-order valence-corrected chi connectivity index (χ1v) is 14.2. The molecule has 1 heterocycles. The molecule has 0 aromatic heterocycles. The fourth-order valence-electron chi connectivity index (χ4n) is 4.38. The summed E-state index contributed by atoms with van der Waals surface area (Å²) in [5, 5.41) is 10.4. The van der Waals surface area contributed by atoms with E-state index in [0.29, 0.717) is 11.4 Å². The van der Waals surface area contributed by atoms with Gasteiger partial charge in [0.2, 0.25) is 10.0 Å². The van der Waals surface area contributed by atoms with Crippen molar-refractivity contribution in [3.63, 3.8) is 0 Å². The second-order valence-corrected chi connectivity index (χ2v) is 12.4. The molecule has 0 saturated carbocycles. The number of carboxylic acid groups (broad SMARTS) is 1. The number of aryl methyl sites for hydroxylation is 2. The number of thioether (sulfide) groups is 1. The lowest BCUT2D eigenvalue weighted by atomic mass is 9.90. The molecule has 5 nitrogen and oxygen atoms in total. The van der Waals surface area contributed by atoms with Crippen LogP contribution in [0.5, 0.6) is 0 Å². The van der Waals surface area contributed by atoms with Gasteiger partial charge in [-0.25, -0.2) is 8.42 Å². The van der Waals surface area contributed by atoms with E-state index in [1.165, 1.54) is 16.1 Å². The van der Waals surface area contributed by atoms with Crippen LogP contribution in [-0.4, -0.2) is 35.6 Å². The summed E-state index contributed by atoms with van der Waals surface area (Å²) in [5.74, 6) is -1.86. The van der Waals surface area contributed by atoms with Gasteiger partial charge in [-0.15, -0.1) is 11.8 Å². The molecular weight excluding hydrogens is 502 g/mol. The van der Waals surface area contributed by atoms with E-state index in [1.54, 1.807) is 36.4 Å². The zero-order chi connectivity index (χ0) is 25.2. The Morgan fingerprint density at radius 1 is 1.03 bits per heavy atom. The van der Waals surface area contributed by atoms with E-state index in [-0.39, 0.29) is 16.7 Å². The summed E-state index contributed by atoms with van der Waals surface area (Å²) in [6.45, 7) is 3.87. The van der Waals surface area contributed by atoms with Crippen LogP contribution < -0.4 is 0 Å². The molecule has 1 fully saturated rings. The summed E-state index contributed by atoms with van der Waals surface area (Å²) < 4.78 is 29.0. The normalized spacial score (nSPS) is 21.1. The number of rotatable bonds is 7. The van der Waals surface area contributed by atoms with Crippen molar-refractivity contribution in [2.45, 2.75) is 47.8 Å². The number of benzene rings is 3. The lowest BCUT2D eigenvalue weighted by Gasteiger charge is -2.41. The van der Waals surface area contributed by atoms with Crippen LogP contribution in [0.3, 0.4) is 0 Å². The topological polar surface area (TPSA) is 74.7 Å². The summed E-state index contributed by atoms with van der Waals surface area (Å²) in [5.41, 5.74) is 2.98. The van der Waals surface area contributed by atoms with Gasteiger partial charge >= 0.3 is 5.97 Å². The molecule has 1 N–H and O–H groups in total. The molecule has 3 aromatic carbocycles. The maximum Gasteiger partial charge on any atom is 0.308 e. The second kappa shape index (κ2) is 10.7. The van der Waals surface area contributed by atoms with E-state index in [0.717, 1.165) is 28.0 Å². The maximum atomic E-state index is 13.8. The van der Waals surface area contributed by atoms with Crippen molar-refractivity contribution < 1.29 is 18.3 Å². The van der Waals surface area contributed by atoms with Gasteiger partial charge in [-0.05, 0) is 67.3 Å². The number of nitrogens with zero attached hydrogens (tertiary/aromatic N) is 1. The van der Waals surface area contributed by atoms with Crippen molar-refractivity contribution in [1.82, 2.24) is 4.31 Å². The number of sulfonamides is 1. The molecule has 0 bridgehead atoms. The van der Waals surface area contributed by atoms with Gasteiger partial charge in [0.25, 0.3) is 0 Å². The molecule has 3 aromatic rings. The van der Waals surface area contributed by atoms with Crippen molar-refractivity contribution in [2.75, 3.05) is 6.54 Å². The number of hydrogen-bond donors (Lipinski definition) is 1. The fourth-order valence-corrected chi connectivity index (χ4v) is 7.45. The highest BCUT2D eigenvalue weighted by molar-refractivity contribution is 8.00. The Balaban J connectivity index is 1.75. The summed E-state index contributed by atoms with van der Waals surface area (Å²) in [4.78, 5) is 13.4. The first kappa shape index (κ1) is 25.8. The highest BCUT2D eigenvalue weighted by atomic mass is 35.5. The predicted octanol–water partition coefficient (Wildman–Crippen LogP) is 6.21. The van der Waals surface area contributed by atoms with Gasteiger partial charge in [-0.3, -0.25) is 4.79 Å². The van der Waals surface area contributed by atoms with Crippen LogP contribution in [-0.2, 0) is 21.2 Å². The molecular formula is C27H28ClNO4S2. The average molecular weight is 530 g/mol. The first-order valence-electron chi connectivity index (χ1n) is 11.5. The van der Waals surface area contributed by atoms with E-state index < -0.39 is 28.0 Å². The van der Waals surface area contributed by atoms with Gasteiger partial charge in [0, 0.05) is 21.7 Å². The van der Waals surface area contributed by atoms with Crippen LogP contribution >= 0.6 is 23.4 Å². The van der Waals surface area contributed by atoms with Crippen LogP contribution in [0, 0.1) is 12.8 Å². The van der Waals surface area contributed by atoms with E-state index in [9.17, 15) is 18.3 Å². The minimum absolute atomic E-state index is 0.100. The number of carboxylic acids is 1. The number of carbonyl (C=O) groups is 1. The number of hydrogen-bond acceptors (Lipinski definition) is 4. The summed E-state index contributed by atoms with van der Waals surface area (Å²) in [7, 11) is -3.92. The smallest absolute Gasteiger partial charge is 0.308 e. The molecule has 0 radical (unpaired) electrons. The quantitative estimate of drug-likeness (QED) is 0.394. The minimum Gasteiger partial charge on any atom is -0.481 e. The molecule has 1 aliphatic rings. The van der Waals surface area contributed by atoms with E-state index in [4.69, 9.17) is 11.6 Å². The minimum atomic E-state index is -3.92. The Morgan fingerprint density at radius 3 is 2.23 bits per heavy atom. The molecule has 0 unspecified atom stereocenters. The molecule has 4 rings (SSSR count). The zero-order valence-corrected chi connectivity index (χ0v) is 22.0. The molecule has 1 aliphatic heterocycles. The Bertz CT molecular complexity index is 1280. The van der Waals surface area contributed by atoms with Crippen molar-refractivity contribution in [1.29, 1.82) is 0 Å². The Kier molecular flexibility index (Phi) is 7.91.